The number of hydrogen-bond donors (Lipinski definition) is 3. The van der Waals surface area contributed by atoms with E-state index in [4.69, 9.17) is 0 Å². The molecular weight excluding hydrogens is 340 g/mol. The van der Waals surface area contributed by atoms with Gasteiger partial charge in [-0.2, -0.15) is 5.10 Å². The molecule has 7 heteroatoms. The molecule has 1 aliphatic heterocycles. The fourth-order valence-electron chi connectivity index (χ4n) is 3.21. The van der Waals surface area contributed by atoms with Crippen molar-refractivity contribution in [3.63, 3.8) is 0 Å². The molecule has 2 atom stereocenters. The smallest absolute Gasteiger partial charge is 0.191 e. The number of nitrogens with one attached hydrogen (secondary N) is 2. The van der Waals surface area contributed by atoms with Crippen LogP contribution in [0, 0.1) is 6.92 Å². The Balaban J connectivity index is 1.61. The van der Waals surface area contributed by atoms with Gasteiger partial charge in [0.1, 0.15) is 5.82 Å². The molecule has 0 aliphatic carbocycles. The molecule has 0 spiro atoms. The first-order valence-corrected chi connectivity index (χ1v) is 9.81. The molecule has 27 heavy (non-hydrogen) atoms. The van der Waals surface area contributed by atoms with Crippen LogP contribution >= 0.6 is 0 Å². The Morgan fingerprint density at radius 2 is 2.11 bits per heavy atom. The van der Waals surface area contributed by atoms with E-state index in [2.05, 4.69) is 32.6 Å². The van der Waals surface area contributed by atoms with Crippen LogP contribution in [-0.4, -0.2) is 45.0 Å². The predicted octanol–water partition coefficient (Wildman–Crippen LogP) is 1.75. The molecule has 3 N–H and O–H groups in total. The molecule has 3 rings (SSSR count). The van der Waals surface area contributed by atoms with Gasteiger partial charge in [0.2, 0.25) is 0 Å². The highest BCUT2D eigenvalue weighted by molar-refractivity contribution is 5.80. The third-order valence-corrected chi connectivity index (χ3v) is 4.79. The van der Waals surface area contributed by atoms with Crippen LogP contribution in [-0.2, 0) is 19.4 Å². The average Bonchev–Trinajstić information content (AvgIpc) is 3.09. The minimum atomic E-state index is -0.610. The summed E-state index contributed by atoms with van der Waals surface area (Å²) in [6.45, 7) is 8.03. The van der Waals surface area contributed by atoms with Crippen molar-refractivity contribution in [2.24, 2.45) is 4.99 Å². The number of aliphatic imine (C=N–C) groups is 1. The fourth-order valence-corrected chi connectivity index (χ4v) is 3.21. The summed E-state index contributed by atoms with van der Waals surface area (Å²) in [7, 11) is 0. The number of aliphatic hydroxyl groups excluding tert-OH is 1. The number of aromatic nitrogens is 3. The normalized spacial score (nSPS) is 18.1. The maximum Gasteiger partial charge on any atom is 0.191 e. The van der Waals surface area contributed by atoms with Crippen molar-refractivity contribution in [3.05, 3.63) is 47.0 Å². The number of rotatable bonds is 6. The zero-order chi connectivity index (χ0) is 19.2. The number of nitrogens with zero attached hydrogens (tertiary/aromatic N) is 4. The molecule has 2 unspecified atom stereocenters. The molecule has 1 aromatic heterocycles. The standard InChI is InChI=1S/C20H30N6O/c1-4-18-24-19-11-10-16(13-26(19)25-18)23-20(21-5-2)22-12-17(27)15-8-6-14(3)7-9-15/h6-9,16-17,27H,4-5,10-13H2,1-3H3,(H2,21,22,23). The van der Waals surface area contributed by atoms with Gasteiger partial charge in [-0.15, -0.1) is 0 Å². The van der Waals surface area contributed by atoms with Gasteiger partial charge < -0.3 is 15.7 Å². The number of benzene rings is 1. The molecule has 7 nitrogen and oxygen atoms in total. The molecule has 0 saturated heterocycles. The molecule has 0 amide bonds. The van der Waals surface area contributed by atoms with Crippen molar-refractivity contribution in [1.82, 2.24) is 25.4 Å². The van der Waals surface area contributed by atoms with Crippen molar-refractivity contribution < 1.29 is 5.11 Å². The van der Waals surface area contributed by atoms with Crippen molar-refractivity contribution in [3.8, 4) is 0 Å². The Labute approximate surface area is 160 Å². The van der Waals surface area contributed by atoms with Crippen LogP contribution in [0.1, 0.15) is 49.1 Å². The van der Waals surface area contributed by atoms with Crippen LogP contribution in [0.2, 0.25) is 0 Å². The second kappa shape index (κ2) is 8.99. The van der Waals surface area contributed by atoms with E-state index < -0.39 is 6.10 Å². The highest BCUT2D eigenvalue weighted by atomic mass is 16.3. The maximum absolute atomic E-state index is 10.4. The minimum absolute atomic E-state index is 0.248. The fraction of sp³-hybridized carbons (Fsp3) is 0.550. The summed E-state index contributed by atoms with van der Waals surface area (Å²) in [4.78, 5) is 9.15. The number of aryl methyl sites for hydroxylation is 3. The Morgan fingerprint density at radius 3 is 2.81 bits per heavy atom. The number of hydrogen-bond acceptors (Lipinski definition) is 4. The molecule has 0 fully saturated rings. The minimum Gasteiger partial charge on any atom is -0.386 e. The molecule has 2 aromatic rings. The highest BCUT2D eigenvalue weighted by Gasteiger charge is 2.22. The highest BCUT2D eigenvalue weighted by Crippen LogP contribution is 2.15. The summed E-state index contributed by atoms with van der Waals surface area (Å²) >= 11 is 0. The van der Waals surface area contributed by atoms with Crippen molar-refractivity contribution in [2.75, 3.05) is 13.1 Å². The molecule has 146 valence electrons. The zero-order valence-corrected chi connectivity index (χ0v) is 16.4. The third kappa shape index (κ3) is 5.07. The van der Waals surface area contributed by atoms with Gasteiger partial charge in [-0.25, -0.2) is 9.67 Å². The lowest BCUT2D eigenvalue weighted by Crippen LogP contribution is -2.47. The summed E-state index contributed by atoms with van der Waals surface area (Å²) in [6, 6.07) is 8.17. The Morgan fingerprint density at radius 1 is 1.33 bits per heavy atom. The van der Waals surface area contributed by atoms with Gasteiger partial charge in [0, 0.05) is 25.4 Å². The number of aliphatic hydroxyl groups is 1. The second-order valence-corrected chi connectivity index (χ2v) is 7.01. The predicted molar refractivity (Wildman–Crippen MR) is 107 cm³/mol. The van der Waals surface area contributed by atoms with Crippen LogP contribution in [0.5, 0.6) is 0 Å². The van der Waals surface area contributed by atoms with E-state index in [9.17, 15) is 5.11 Å². The van der Waals surface area contributed by atoms with Gasteiger partial charge in [-0.1, -0.05) is 36.8 Å². The Bertz CT molecular complexity index is 767. The van der Waals surface area contributed by atoms with Crippen LogP contribution < -0.4 is 10.6 Å². The van der Waals surface area contributed by atoms with E-state index in [1.807, 2.05) is 42.8 Å². The van der Waals surface area contributed by atoms with E-state index in [1.54, 1.807) is 0 Å². The molecular formula is C20H30N6O. The summed E-state index contributed by atoms with van der Waals surface area (Å²) in [5, 5.41) is 21.7. The zero-order valence-electron chi connectivity index (χ0n) is 16.4. The van der Waals surface area contributed by atoms with Gasteiger partial charge >= 0.3 is 0 Å². The van der Waals surface area contributed by atoms with E-state index >= 15 is 0 Å². The van der Waals surface area contributed by atoms with Gasteiger partial charge in [-0.05, 0) is 25.8 Å². The first-order valence-electron chi connectivity index (χ1n) is 9.81. The molecule has 2 heterocycles. The summed E-state index contributed by atoms with van der Waals surface area (Å²) < 4.78 is 2.00. The van der Waals surface area contributed by atoms with E-state index in [0.29, 0.717) is 6.54 Å². The van der Waals surface area contributed by atoms with Gasteiger partial charge in [0.05, 0.1) is 19.2 Å². The third-order valence-electron chi connectivity index (χ3n) is 4.79. The van der Waals surface area contributed by atoms with Gasteiger partial charge in [0.15, 0.2) is 11.8 Å². The maximum atomic E-state index is 10.4. The van der Waals surface area contributed by atoms with Crippen LogP contribution in [0.3, 0.4) is 0 Å². The van der Waals surface area contributed by atoms with Gasteiger partial charge in [0.25, 0.3) is 0 Å². The lowest BCUT2D eigenvalue weighted by molar-refractivity contribution is 0.187. The molecule has 0 radical (unpaired) electrons. The van der Waals surface area contributed by atoms with E-state index in [0.717, 1.165) is 55.5 Å². The van der Waals surface area contributed by atoms with Crippen molar-refractivity contribution >= 4 is 5.96 Å². The van der Waals surface area contributed by atoms with E-state index in [1.165, 1.54) is 5.56 Å². The Hall–Kier alpha value is -2.41. The SMILES string of the molecule is CCNC(=NCC(O)c1ccc(C)cc1)NC1CCc2nc(CC)nn2C1. The topological polar surface area (TPSA) is 87.4 Å². The van der Waals surface area contributed by atoms with Crippen LogP contribution in [0.4, 0.5) is 0 Å². The summed E-state index contributed by atoms with van der Waals surface area (Å²) in [5.74, 6) is 2.71. The van der Waals surface area contributed by atoms with Crippen LogP contribution in [0.25, 0.3) is 0 Å². The quantitative estimate of drug-likeness (QED) is 0.533. The van der Waals surface area contributed by atoms with E-state index in [-0.39, 0.29) is 6.04 Å². The number of guanidine groups is 1. The largest absolute Gasteiger partial charge is 0.386 e. The number of fused-ring (bicyclic) bond motifs is 1. The monoisotopic (exact) mass is 370 g/mol. The first kappa shape index (κ1) is 19.4. The molecule has 0 bridgehead atoms. The van der Waals surface area contributed by atoms with Crippen molar-refractivity contribution in [2.45, 2.75) is 58.7 Å². The molecule has 1 aromatic carbocycles. The van der Waals surface area contributed by atoms with Gasteiger partial charge in [-0.3, -0.25) is 4.99 Å². The lowest BCUT2D eigenvalue weighted by Gasteiger charge is -2.25. The first-order chi connectivity index (χ1) is 13.1. The molecule has 1 aliphatic rings. The van der Waals surface area contributed by atoms with Crippen LogP contribution in [0.15, 0.2) is 29.3 Å². The summed E-state index contributed by atoms with van der Waals surface area (Å²) in [6.07, 6.45) is 2.16. The Kier molecular flexibility index (Phi) is 6.45. The average molecular weight is 371 g/mol. The molecule has 0 saturated carbocycles. The second-order valence-electron chi connectivity index (χ2n) is 7.01. The summed E-state index contributed by atoms with van der Waals surface area (Å²) in [5.41, 5.74) is 2.07. The lowest BCUT2D eigenvalue weighted by atomic mass is 10.1. The van der Waals surface area contributed by atoms with Crippen molar-refractivity contribution in [1.29, 1.82) is 0 Å².